The predicted octanol–water partition coefficient (Wildman–Crippen LogP) is 6.24. The van der Waals surface area contributed by atoms with Crippen LogP contribution in [-0.2, 0) is 65.2 Å². The molecule has 0 unspecified atom stereocenters. The van der Waals surface area contributed by atoms with E-state index in [-0.39, 0.29) is 77.2 Å². The van der Waals surface area contributed by atoms with Crippen LogP contribution in [0.1, 0.15) is 50.7 Å². The van der Waals surface area contributed by atoms with Crippen molar-refractivity contribution in [2.45, 2.75) is 52.4 Å². The van der Waals surface area contributed by atoms with Gasteiger partial charge in [-0.2, -0.15) is 12.1 Å². The maximum atomic E-state index is 4.62. The first-order valence-electron chi connectivity index (χ1n) is 16.8. The number of nitrogens with zero attached hydrogens (tertiary/aromatic N) is 2. The first-order valence-corrected chi connectivity index (χ1v) is 16.8. The molecule has 0 amide bonds. The summed E-state index contributed by atoms with van der Waals surface area (Å²) in [4.78, 5) is 9.24. The summed E-state index contributed by atoms with van der Waals surface area (Å²) in [5, 5.41) is 7.75. The Hall–Kier alpha value is -2.73. The van der Waals surface area contributed by atoms with E-state index in [9.17, 15) is 0 Å². The zero-order chi connectivity index (χ0) is 31.3. The van der Waals surface area contributed by atoms with Crippen LogP contribution in [-0.4, -0.2) is 9.97 Å². The molecule has 0 N–H and O–H groups in total. The van der Waals surface area contributed by atoms with Crippen LogP contribution in [0.15, 0.2) is 134 Å². The topological polar surface area (TPSA) is 25.8 Å². The summed E-state index contributed by atoms with van der Waals surface area (Å²) in [7, 11) is 0. The molecule has 0 bridgehead atoms. The molecule has 0 aliphatic carbocycles. The number of fused-ring (bicyclic) bond motifs is 4. The summed E-state index contributed by atoms with van der Waals surface area (Å²) < 4.78 is 0. The minimum atomic E-state index is 0. The van der Waals surface area contributed by atoms with E-state index in [4.69, 9.17) is 0 Å². The third kappa shape index (κ3) is 9.00. The number of benzene rings is 4. The molecule has 6 aromatic carbocycles. The van der Waals surface area contributed by atoms with E-state index >= 15 is 0 Å². The van der Waals surface area contributed by atoms with E-state index in [1.807, 2.05) is 24.5 Å². The molecule has 50 heavy (non-hydrogen) atoms. The number of hydrogen-bond acceptors (Lipinski definition) is 2. The molecule has 0 saturated carbocycles. The van der Waals surface area contributed by atoms with Crippen LogP contribution < -0.4 is 24.8 Å². The number of aromatic nitrogens is 2. The minimum Gasteiger partial charge on any atom is -1.00 e. The predicted molar refractivity (Wildman–Crippen MR) is 198 cm³/mol. The summed E-state index contributed by atoms with van der Waals surface area (Å²) in [5.41, 5.74) is 10.1. The Morgan fingerprint density at radius 3 is 1.28 bits per heavy atom. The molecule has 2 nitrogen and oxygen atoms in total. The first-order chi connectivity index (χ1) is 22.7. The Bertz CT molecular complexity index is 2100. The maximum Gasteiger partial charge on any atom is 2.00 e. The normalized spacial score (nSPS) is 10.4. The molecule has 0 fully saturated rings. The van der Waals surface area contributed by atoms with Crippen LogP contribution in [0.3, 0.4) is 0 Å². The van der Waals surface area contributed by atoms with Gasteiger partial charge in [-0.05, 0) is 36.1 Å². The van der Waals surface area contributed by atoms with E-state index in [1.165, 1.54) is 104 Å². The fourth-order valence-corrected chi connectivity index (χ4v) is 6.76. The molecule has 0 saturated heterocycles. The molecule has 0 aliphatic rings. The Morgan fingerprint density at radius 2 is 0.860 bits per heavy atom. The largest absolute Gasteiger partial charge is 2.00 e. The third-order valence-corrected chi connectivity index (χ3v) is 9.10. The second-order valence-corrected chi connectivity index (χ2v) is 12.3. The van der Waals surface area contributed by atoms with Gasteiger partial charge in [-0.15, -0.1) is 69.1 Å². The van der Waals surface area contributed by atoms with Crippen LogP contribution >= 0.6 is 0 Å². The first kappa shape index (κ1) is 41.7. The number of para-hydroxylation sites is 2. The summed E-state index contributed by atoms with van der Waals surface area (Å²) in [5.74, 6) is 0. The van der Waals surface area contributed by atoms with Gasteiger partial charge in [0.05, 0.1) is 11.0 Å². The van der Waals surface area contributed by atoms with Crippen LogP contribution in [0.4, 0.5) is 0 Å². The molecule has 2 aromatic heterocycles. The second kappa shape index (κ2) is 19.8. The SMILES string of the molecule is CCCCc1cc2c(-c3cccc4cccnc34)cccc2[cH-]1.CCCCc1cc2c(-c3cccc4cccnc34)cccc2[cH-]1.[Cl-].[Cl-].[Zr+2].[Zr+2]. The van der Waals surface area contributed by atoms with Gasteiger partial charge < -0.3 is 24.8 Å². The van der Waals surface area contributed by atoms with Crippen molar-refractivity contribution >= 4 is 43.4 Å². The van der Waals surface area contributed by atoms with Gasteiger partial charge in [-0.3, -0.25) is 9.97 Å². The fraction of sp³-hybridized carbons (Fsp3) is 0.182. The Balaban J connectivity index is 0.000000250. The Kier molecular flexibility index (Phi) is 16.5. The van der Waals surface area contributed by atoms with Gasteiger partial charge in [0.1, 0.15) is 0 Å². The van der Waals surface area contributed by atoms with E-state index in [0.717, 1.165) is 11.0 Å². The monoisotopic (exact) mass is 846 g/mol. The molecule has 2 heterocycles. The Labute approximate surface area is 346 Å². The van der Waals surface area contributed by atoms with Crippen LogP contribution in [0.25, 0.3) is 65.6 Å². The molecule has 248 valence electrons. The average Bonchev–Trinajstić information content (AvgIpc) is 3.73. The van der Waals surface area contributed by atoms with E-state index in [0.29, 0.717) is 0 Å². The summed E-state index contributed by atoms with van der Waals surface area (Å²) >= 11 is 0. The molecule has 0 radical (unpaired) electrons. The quantitative estimate of drug-likeness (QED) is 0.170. The molecule has 8 rings (SSSR count). The molecule has 6 heteroatoms. The van der Waals surface area contributed by atoms with Crippen molar-refractivity contribution in [1.82, 2.24) is 9.97 Å². The van der Waals surface area contributed by atoms with Crippen molar-refractivity contribution in [1.29, 1.82) is 0 Å². The molecule has 0 atom stereocenters. The summed E-state index contributed by atoms with van der Waals surface area (Å²) in [6, 6.07) is 43.7. The number of pyridine rings is 2. The van der Waals surface area contributed by atoms with E-state index < -0.39 is 0 Å². The number of hydrogen-bond donors (Lipinski definition) is 0. The molecular formula is C44H40Cl2N2Zr2. The van der Waals surface area contributed by atoms with Crippen molar-refractivity contribution in [3.8, 4) is 22.3 Å². The van der Waals surface area contributed by atoms with Gasteiger partial charge in [0.15, 0.2) is 0 Å². The van der Waals surface area contributed by atoms with Gasteiger partial charge in [0, 0.05) is 23.2 Å². The average molecular weight is 850 g/mol. The zero-order valence-corrected chi connectivity index (χ0v) is 35.0. The number of halogens is 2. The zero-order valence-electron chi connectivity index (χ0n) is 28.6. The van der Waals surface area contributed by atoms with E-state index in [2.05, 4.69) is 133 Å². The number of unbranched alkanes of at least 4 members (excludes halogenated alkanes) is 2. The van der Waals surface area contributed by atoms with Crippen LogP contribution in [0.5, 0.6) is 0 Å². The van der Waals surface area contributed by atoms with Crippen LogP contribution in [0, 0.1) is 0 Å². The van der Waals surface area contributed by atoms with Gasteiger partial charge in [0.2, 0.25) is 0 Å². The summed E-state index contributed by atoms with van der Waals surface area (Å²) in [6.45, 7) is 4.49. The minimum absolute atomic E-state index is 0. The van der Waals surface area contributed by atoms with Gasteiger partial charge in [-0.1, -0.05) is 111 Å². The molecule has 8 aromatic rings. The number of rotatable bonds is 8. The second-order valence-electron chi connectivity index (χ2n) is 12.3. The van der Waals surface area contributed by atoms with Gasteiger partial charge in [-0.25, -0.2) is 0 Å². The third-order valence-electron chi connectivity index (χ3n) is 9.10. The number of aryl methyl sites for hydroxylation is 2. The summed E-state index contributed by atoms with van der Waals surface area (Å²) in [6.07, 6.45) is 11.1. The van der Waals surface area contributed by atoms with E-state index in [1.54, 1.807) is 0 Å². The smallest absolute Gasteiger partial charge is 1.00 e. The van der Waals surface area contributed by atoms with Crippen molar-refractivity contribution < 1.29 is 77.2 Å². The molecular weight excluding hydrogens is 810 g/mol. The van der Waals surface area contributed by atoms with Crippen molar-refractivity contribution in [2.24, 2.45) is 0 Å². The van der Waals surface area contributed by atoms with Crippen LogP contribution in [0.2, 0.25) is 0 Å². The standard InChI is InChI=1S/2C22H20N.2ClH.2Zr/c2*1-2-3-7-16-14-18-9-5-11-19(21(18)15-16)20-12-4-8-17-10-6-13-23-22(17)20;;;;/h2*4-6,8-15H,2-3,7H2,1H3;2*1H;;/q2*-1;;;2*+2/p-2. The van der Waals surface area contributed by atoms with Crippen molar-refractivity contribution in [2.75, 3.05) is 0 Å². The van der Waals surface area contributed by atoms with Crippen molar-refractivity contribution in [3.05, 3.63) is 145 Å². The van der Waals surface area contributed by atoms with Gasteiger partial charge >= 0.3 is 52.4 Å². The van der Waals surface area contributed by atoms with Gasteiger partial charge in [0.25, 0.3) is 0 Å². The fourth-order valence-electron chi connectivity index (χ4n) is 6.76. The Morgan fingerprint density at radius 1 is 0.480 bits per heavy atom. The molecule has 0 spiro atoms. The molecule has 0 aliphatic heterocycles. The maximum absolute atomic E-state index is 4.62. The van der Waals surface area contributed by atoms with Crippen molar-refractivity contribution in [3.63, 3.8) is 0 Å².